The van der Waals surface area contributed by atoms with E-state index < -0.39 is 18.6 Å². The van der Waals surface area contributed by atoms with E-state index in [1.54, 1.807) is 0 Å². The van der Waals surface area contributed by atoms with Gasteiger partial charge in [0.05, 0.1) is 0 Å². The van der Waals surface area contributed by atoms with Crippen molar-refractivity contribution < 1.29 is 18.0 Å². The topological polar surface area (TPSA) is 20.3 Å². The molecule has 5 heteroatoms. The summed E-state index contributed by atoms with van der Waals surface area (Å²) in [6.45, 7) is 8.06. The van der Waals surface area contributed by atoms with Crippen molar-refractivity contribution in [1.82, 2.24) is 4.90 Å². The van der Waals surface area contributed by atoms with Gasteiger partial charge in [-0.3, -0.25) is 4.79 Å². The zero-order chi connectivity index (χ0) is 13.9. The van der Waals surface area contributed by atoms with Crippen molar-refractivity contribution in [3.8, 4) is 0 Å². The van der Waals surface area contributed by atoms with Gasteiger partial charge in [-0.15, -0.1) is 0 Å². The summed E-state index contributed by atoms with van der Waals surface area (Å²) in [7, 11) is 0. The fourth-order valence-corrected chi connectivity index (χ4v) is 1.80. The van der Waals surface area contributed by atoms with Crippen LogP contribution in [0.3, 0.4) is 0 Å². The predicted molar refractivity (Wildman–Crippen MR) is 61.5 cm³/mol. The third kappa shape index (κ3) is 6.54. The highest BCUT2D eigenvalue weighted by molar-refractivity contribution is 5.73. The molecule has 0 spiro atoms. The highest BCUT2D eigenvalue weighted by Crippen LogP contribution is 2.30. The van der Waals surface area contributed by atoms with Gasteiger partial charge in [0.1, 0.15) is 6.54 Å². The van der Waals surface area contributed by atoms with E-state index in [1.807, 2.05) is 27.7 Å². The van der Waals surface area contributed by atoms with E-state index >= 15 is 0 Å². The van der Waals surface area contributed by atoms with Gasteiger partial charge >= 0.3 is 6.18 Å². The van der Waals surface area contributed by atoms with Gasteiger partial charge in [0.25, 0.3) is 0 Å². The van der Waals surface area contributed by atoms with E-state index in [1.165, 1.54) is 6.92 Å². The first-order valence-corrected chi connectivity index (χ1v) is 5.79. The lowest BCUT2D eigenvalue weighted by atomic mass is 9.79. The molecule has 2 nitrogen and oxygen atoms in total. The number of rotatable bonds is 4. The Balaban J connectivity index is 4.70. The smallest absolute Gasteiger partial charge is 0.334 e. The fourth-order valence-electron chi connectivity index (χ4n) is 1.80. The molecule has 0 bridgehead atoms. The van der Waals surface area contributed by atoms with E-state index in [0.717, 1.165) is 11.3 Å². The minimum absolute atomic E-state index is 0.0637. The average Bonchev–Trinajstić information content (AvgIpc) is 2.07. The van der Waals surface area contributed by atoms with Crippen LogP contribution >= 0.6 is 0 Å². The molecule has 0 saturated carbocycles. The molecule has 0 unspecified atom stereocenters. The van der Waals surface area contributed by atoms with Crippen LogP contribution in [0.1, 0.15) is 41.0 Å². The monoisotopic (exact) mass is 253 g/mol. The number of amides is 1. The first-order chi connectivity index (χ1) is 7.47. The van der Waals surface area contributed by atoms with Gasteiger partial charge in [0, 0.05) is 13.5 Å². The molecule has 1 atom stereocenters. The average molecular weight is 253 g/mol. The van der Waals surface area contributed by atoms with Crippen molar-refractivity contribution >= 4 is 5.91 Å². The number of hydrogen-bond acceptors (Lipinski definition) is 1. The molecule has 0 radical (unpaired) electrons. The molecule has 0 aliphatic rings. The van der Waals surface area contributed by atoms with E-state index in [-0.39, 0.29) is 17.9 Å². The summed E-state index contributed by atoms with van der Waals surface area (Å²) in [5.41, 5.74) is -0.103. The molecule has 0 saturated heterocycles. The molecule has 1 amide bonds. The van der Waals surface area contributed by atoms with Crippen LogP contribution in [-0.2, 0) is 4.79 Å². The maximum Gasteiger partial charge on any atom is 0.406 e. The van der Waals surface area contributed by atoms with Crippen molar-refractivity contribution in [2.75, 3.05) is 13.1 Å². The molecule has 0 N–H and O–H groups in total. The molecule has 0 aromatic heterocycles. The predicted octanol–water partition coefficient (Wildman–Crippen LogP) is 3.47. The van der Waals surface area contributed by atoms with Gasteiger partial charge in [-0.05, 0) is 11.3 Å². The molecule has 17 heavy (non-hydrogen) atoms. The number of nitrogens with zero attached hydrogens (tertiary/aromatic N) is 1. The second kappa shape index (κ2) is 5.74. The zero-order valence-electron chi connectivity index (χ0n) is 11.2. The molecule has 0 heterocycles. The molecule has 0 aliphatic carbocycles. The Labute approximate surface area is 101 Å². The molecular formula is C12H22F3NO. The van der Waals surface area contributed by atoms with Crippen molar-refractivity contribution in [3.63, 3.8) is 0 Å². The second-order valence-electron chi connectivity index (χ2n) is 5.49. The minimum Gasteiger partial charge on any atom is -0.334 e. The van der Waals surface area contributed by atoms with Crippen LogP contribution in [-0.4, -0.2) is 30.1 Å². The van der Waals surface area contributed by atoms with Crippen LogP contribution in [0.2, 0.25) is 0 Å². The summed E-state index contributed by atoms with van der Waals surface area (Å²) in [5, 5.41) is 0. The molecule has 0 fully saturated rings. The highest BCUT2D eigenvalue weighted by Gasteiger charge is 2.34. The molecule has 0 aromatic rings. The standard InChI is InChI=1S/C12H22F3NO/c1-6-10(11(3,4)5)7-16(9(2)17)8-12(13,14)15/h10H,6-8H2,1-5H3/t10-/m0/s1. The zero-order valence-corrected chi connectivity index (χ0v) is 11.2. The summed E-state index contributed by atoms with van der Waals surface area (Å²) < 4.78 is 37.0. The maximum absolute atomic E-state index is 12.3. The van der Waals surface area contributed by atoms with Crippen LogP contribution in [0.25, 0.3) is 0 Å². The lowest BCUT2D eigenvalue weighted by Gasteiger charge is -2.34. The molecular weight excluding hydrogens is 231 g/mol. The van der Waals surface area contributed by atoms with E-state index in [0.29, 0.717) is 0 Å². The van der Waals surface area contributed by atoms with E-state index in [4.69, 9.17) is 0 Å². The second-order valence-corrected chi connectivity index (χ2v) is 5.49. The Morgan fingerprint density at radius 3 is 1.94 bits per heavy atom. The maximum atomic E-state index is 12.3. The van der Waals surface area contributed by atoms with Crippen LogP contribution in [0.5, 0.6) is 0 Å². The fraction of sp³-hybridized carbons (Fsp3) is 0.917. The summed E-state index contributed by atoms with van der Waals surface area (Å²) in [6.07, 6.45) is -3.58. The Morgan fingerprint density at radius 2 is 1.71 bits per heavy atom. The largest absolute Gasteiger partial charge is 0.406 e. The van der Waals surface area contributed by atoms with Crippen LogP contribution in [0, 0.1) is 11.3 Å². The lowest BCUT2D eigenvalue weighted by Crippen LogP contribution is -2.43. The van der Waals surface area contributed by atoms with Gasteiger partial charge in [0.15, 0.2) is 0 Å². The molecule has 0 aromatic carbocycles. The summed E-state index contributed by atoms with van der Waals surface area (Å²) in [5.74, 6) is -0.459. The number of alkyl halides is 3. The van der Waals surface area contributed by atoms with Gasteiger partial charge < -0.3 is 4.90 Å². The molecule has 102 valence electrons. The number of carbonyl (C=O) groups is 1. The van der Waals surface area contributed by atoms with Crippen LogP contribution in [0.15, 0.2) is 0 Å². The number of halogens is 3. The minimum atomic E-state index is -4.33. The normalized spacial score (nSPS) is 14.6. The number of carbonyl (C=O) groups excluding carboxylic acids is 1. The Bertz CT molecular complexity index is 255. The highest BCUT2D eigenvalue weighted by atomic mass is 19.4. The van der Waals surface area contributed by atoms with Gasteiger partial charge in [-0.1, -0.05) is 34.1 Å². The summed E-state index contributed by atoms with van der Waals surface area (Å²) >= 11 is 0. The molecule has 0 aliphatic heterocycles. The summed E-state index contributed by atoms with van der Waals surface area (Å²) in [6, 6.07) is 0. The van der Waals surface area contributed by atoms with Gasteiger partial charge in [-0.2, -0.15) is 13.2 Å². The van der Waals surface area contributed by atoms with E-state index in [2.05, 4.69) is 0 Å². The first-order valence-electron chi connectivity index (χ1n) is 5.79. The third-order valence-corrected chi connectivity index (χ3v) is 2.97. The summed E-state index contributed by atoms with van der Waals surface area (Å²) in [4.78, 5) is 12.1. The van der Waals surface area contributed by atoms with E-state index in [9.17, 15) is 18.0 Å². The van der Waals surface area contributed by atoms with Gasteiger partial charge in [-0.25, -0.2) is 0 Å². The van der Waals surface area contributed by atoms with Crippen LogP contribution in [0.4, 0.5) is 13.2 Å². The van der Waals surface area contributed by atoms with Gasteiger partial charge in [0.2, 0.25) is 5.91 Å². The first kappa shape index (κ1) is 16.3. The molecule has 0 rings (SSSR count). The van der Waals surface area contributed by atoms with Crippen molar-refractivity contribution in [3.05, 3.63) is 0 Å². The van der Waals surface area contributed by atoms with Crippen molar-refractivity contribution in [2.24, 2.45) is 11.3 Å². The van der Waals surface area contributed by atoms with Crippen molar-refractivity contribution in [2.45, 2.75) is 47.2 Å². The van der Waals surface area contributed by atoms with Crippen molar-refractivity contribution in [1.29, 1.82) is 0 Å². The Kier molecular flexibility index (Phi) is 5.49. The Hall–Kier alpha value is -0.740. The Morgan fingerprint density at radius 1 is 1.24 bits per heavy atom. The quantitative estimate of drug-likeness (QED) is 0.751. The third-order valence-electron chi connectivity index (χ3n) is 2.97. The SMILES string of the molecule is CC[C@@H](CN(CC(F)(F)F)C(C)=O)C(C)(C)C. The number of hydrogen-bond donors (Lipinski definition) is 0. The lowest BCUT2D eigenvalue weighted by molar-refractivity contribution is -0.162. The van der Waals surface area contributed by atoms with Crippen LogP contribution < -0.4 is 0 Å².